The lowest BCUT2D eigenvalue weighted by molar-refractivity contribution is -0.384. The Morgan fingerprint density at radius 2 is 2.00 bits per heavy atom. The number of hydrogen-bond donors (Lipinski definition) is 2. The molecule has 0 aliphatic heterocycles. The van der Waals surface area contributed by atoms with Crippen molar-refractivity contribution >= 4 is 40.5 Å². The summed E-state index contributed by atoms with van der Waals surface area (Å²) in [5, 5.41) is 13.6. The van der Waals surface area contributed by atoms with Crippen molar-refractivity contribution in [1.82, 2.24) is 0 Å². The first-order valence-electron chi connectivity index (χ1n) is 7.16. The number of nitrogen functional groups attached to an aromatic ring is 1. The van der Waals surface area contributed by atoms with Crippen molar-refractivity contribution < 1.29 is 24.0 Å². The van der Waals surface area contributed by atoms with E-state index in [2.05, 4.69) is 5.32 Å². The molecular weight excluding hydrogens is 366 g/mol. The average molecular weight is 380 g/mol. The summed E-state index contributed by atoms with van der Waals surface area (Å²) in [6.45, 7) is -0.618. The summed E-state index contributed by atoms with van der Waals surface area (Å²) < 4.78 is 9.91. The van der Waals surface area contributed by atoms with E-state index in [1.54, 1.807) is 0 Å². The van der Waals surface area contributed by atoms with Crippen molar-refractivity contribution in [2.24, 2.45) is 0 Å². The highest BCUT2D eigenvalue weighted by atomic mass is 35.5. The molecule has 0 bridgehead atoms. The summed E-state index contributed by atoms with van der Waals surface area (Å²) in [5.74, 6) is -1.29. The van der Waals surface area contributed by atoms with E-state index in [-0.39, 0.29) is 28.4 Å². The number of anilines is 2. The van der Waals surface area contributed by atoms with Gasteiger partial charge in [-0.1, -0.05) is 11.6 Å². The second-order valence-corrected chi connectivity index (χ2v) is 5.43. The number of carbonyl (C=O) groups is 2. The molecule has 2 rings (SSSR count). The summed E-state index contributed by atoms with van der Waals surface area (Å²) in [4.78, 5) is 34.1. The molecule has 0 aliphatic carbocycles. The number of nitro benzene ring substituents is 1. The normalized spacial score (nSPS) is 10.1. The van der Waals surface area contributed by atoms with E-state index in [4.69, 9.17) is 26.8 Å². The highest BCUT2D eigenvalue weighted by Crippen LogP contribution is 2.28. The minimum atomic E-state index is -0.805. The maximum absolute atomic E-state index is 12.0. The van der Waals surface area contributed by atoms with Crippen LogP contribution >= 0.6 is 11.6 Å². The largest absolute Gasteiger partial charge is 0.495 e. The second kappa shape index (κ2) is 8.17. The zero-order chi connectivity index (χ0) is 19.3. The van der Waals surface area contributed by atoms with E-state index in [1.807, 2.05) is 0 Å². The molecule has 0 aliphatic rings. The molecule has 0 heterocycles. The van der Waals surface area contributed by atoms with Crippen molar-refractivity contribution in [1.29, 1.82) is 0 Å². The van der Waals surface area contributed by atoms with Crippen molar-refractivity contribution in [3.63, 3.8) is 0 Å². The van der Waals surface area contributed by atoms with Crippen LogP contribution in [0.25, 0.3) is 0 Å². The number of nitrogens with two attached hydrogens (primary N) is 1. The minimum absolute atomic E-state index is 0.0649. The van der Waals surface area contributed by atoms with Gasteiger partial charge in [0.05, 0.1) is 23.3 Å². The van der Waals surface area contributed by atoms with E-state index < -0.39 is 23.4 Å². The van der Waals surface area contributed by atoms with Gasteiger partial charge in [-0.05, 0) is 24.3 Å². The van der Waals surface area contributed by atoms with E-state index >= 15 is 0 Å². The molecule has 0 aromatic heterocycles. The number of nitrogens with zero attached hydrogens (tertiary/aromatic N) is 1. The number of halogens is 1. The fraction of sp³-hybridized carbons (Fsp3) is 0.125. The van der Waals surface area contributed by atoms with Crippen LogP contribution in [0.5, 0.6) is 5.75 Å². The molecule has 0 radical (unpaired) electrons. The van der Waals surface area contributed by atoms with Gasteiger partial charge >= 0.3 is 5.97 Å². The molecule has 1 amide bonds. The average Bonchev–Trinajstić information content (AvgIpc) is 2.59. The van der Waals surface area contributed by atoms with Crippen LogP contribution in [-0.4, -0.2) is 30.5 Å². The quantitative estimate of drug-likeness (QED) is 0.341. The topological polar surface area (TPSA) is 134 Å². The molecule has 0 fully saturated rings. The van der Waals surface area contributed by atoms with Crippen LogP contribution < -0.4 is 15.8 Å². The number of benzene rings is 2. The van der Waals surface area contributed by atoms with Gasteiger partial charge in [0.2, 0.25) is 0 Å². The Hall–Kier alpha value is -3.33. The lowest BCUT2D eigenvalue weighted by Gasteiger charge is -2.11. The highest BCUT2D eigenvalue weighted by molar-refractivity contribution is 6.31. The molecule has 2 aromatic rings. The monoisotopic (exact) mass is 379 g/mol. The molecule has 10 heteroatoms. The number of methoxy groups -OCH3 is 1. The predicted molar refractivity (Wildman–Crippen MR) is 94.4 cm³/mol. The summed E-state index contributed by atoms with van der Waals surface area (Å²) in [6.07, 6.45) is 0. The third-order valence-corrected chi connectivity index (χ3v) is 3.47. The number of amides is 1. The van der Waals surface area contributed by atoms with Crippen LogP contribution in [0.2, 0.25) is 5.02 Å². The number of nitro groups is 1. The van der Waals surface area contributed by atoms with E-state index in [0.717, 1.165) is 6.07 Å². The Morgan fingerprint density at radius 1 is 1.27 bits per heavy atom. The van der Waals surface area contributed by atoms with Crippen LogP contribution in [-0.2, 0) is 9.53 Å². The van der Waals surface area contributed by atoms with Gasteiger partial charge < -0.3 is 20.5 Å². The number of nitrogens with one attached hydrogen (secondary N) is 1. The maximum atomic E-state index is 12.0. The lowest BCUT2D eigenvalue weighted by atomic mass is 10.2. The molecule has 136 valence electrons. The van der Waals surface area contributed by atoms with Gasteiger partial charge in [0.15, 0.2) is 6.61 Å². The van der Waals surface area contributed by atoms with Gasteiger partial charge in [-0.15, -0.1) is 0 Å². The molecule has 0 spiro atoms. The fourth-order valence-corrected chi connectivity index (χ4v) is 2.20. The van der Waals surface area contributed by atoms with Gasteiger partial charge in [0, 0.05) is 22.8 Å². The van der Waals surface area contributed by atoms with E-state index in [1.165, 1.54) is 37.4 Å². The first-order chi connectivity index (χ1) is 12.3. The molecule has 3 N–H and O–H groups in total. The molecular formula is C16H14ClN3O6. The van der Waals surface area contributed by atoms with Crippen LogP contribution in [0, 0.1) is 10.1 Å². The van der Waals surface area contributed by atoms with E-state index in [9.17, 15) is 19.7 Å². The Bertz CT molecular complexity index is 871. The number of ether oxygens (including phenoxy) is 2. The number of carbonyl (C=O) groups excluding carboxylic acids is 2. The first-order valence-corrected chi connectivity index (χ1v) is 7.54. The second-order valence-electron chi connectivity index (χ2n) is 5.00. The van der Waals surface area contributed by atoms with Crippen LogP contribution in [0.3, 0.4) is 0 Å². The summed E-state index contributed by atoms with van der Waals surface area (Å²) in [7, 11) is 1.35. The highest BCUT2D eigenvalue weighted by Gasteiger charge is 2.16. The first kappa shape index (κ1) is 19.0. The predicted octanol–water partition coefficient (Wildman–Crippen LogP) is 2.63. The van der Waals surface area contributed by atoms with Gasteiger partial charge in [0.1, 0.15) is 5.75 Å². The smallest absolute Gasteiger partial charge is 0.340 e. The number of hydrogen-bond acceptors (Lipinski definition) is 7. The Morgan fingerprint density at radius 3 is 2.62 bits per heavy atom. The fourth-order valence-electron chi connectivity index (χ4n) is 2.02. The summed E-state index contributed by atoms with van der Waals surface area (Å²) in [5.41, 5.74) is 5.70. The minimum Gasteiger partial charge on any atom is -0.495 e. The van der Waals surface area contributed by atoms with Crippen LogP contribution in [0.4, 0.5) is 17.1 Å². The van der Waals surface area contributed by atoms with Crippen molar-refractivity contribution in [2.75, 3.05) is 24.8 Å². The molecule has 26 heavy (non-hydrogen) atoms. The molecule has 0 atom stereocenters. The van der Waals surface area contributed by atoms with Crippen molar-refractivity contribution in [3.05, 3.63) is 57.1 Å². The number of esters is 1. The van der Waals surface area contributed by atoms with Gasteiger partial charge in [-0.2, -0.15) is 0 Å². The third-order valence-electron chi connectivity index (χ3n) is 3.24. The van der Waals surface area contributed by atoms with E-state index in [0.29, 0.717) is 5.02 Å². The molecule has 9 nitrogen and oxygen atoms in total. The van der Waals surface area contributed by atoms with Gasteiger partial charge in [-0.3, -0.25) is 14.9 Å². The standard InChI is InChI=1S/C16H14ClN3O6/c1-25-14-5-3-10(20(23)24)7-13(14)19-15(21)8-26-16(22)11-4-2-9(17)6-12(11)18/h2-7H,8,18H2,1H3,(H,19,21). The lowest BCUT2D eigenvalue weighted by Crippen LogP contribution is -2.21. The third kappa shape index (κ3) is 4.61. The molecule has 2 aromatic carbocycles. The summed E-state index contributed by atoms with van der Waals surface area (Å²) >= 11 is 5.75. The van der Waals surface area contributed by atoms with Gasteiger partial charge in [0.25, 0.3) is 11.6 Å². The number of non-ortho nitro benzene ring substituents is 1. The number of rotatable bonds is 6. The molecule has 0 saturated heterocycles. The molecule has 0 unspecified atom stereocenters. The zero-order valence-electron chi connectivity index (χ0n) is 13.5. The SMILES string of the molecule is COc1ccc([N+](=O)[O-])cc1NC(=O)COC(=O)c1ccc(Cl)cc1N. The van der Waals surface area contributed by atoms with Crippen LogP contribution in [0.1, 0.15) is 10.4 Å². The summed E-state index contributed by atoms with van der Waals surface area (Å²) in [6, 6.07) is 7.93. The van der Waals surface area contributed by atoms with Crippen LogP contribution in [0.15, 0.2) is 36.4 Å². The van der Waals surface area contributed by atoms with Gasteiger partial charge in [-0.25, -0.2) is 4.79 Å². The van der Waals surface area contributed by atoms with Crippen molar-refractivity contribution in [3.8, 4) is 5.75 Å². The maximum Gasteiger partial charge on any atom is 0.340 e. The molecule has 0 saturated carbocycles. The zero-order valence-corrected chi connectivity index (χ0v) is 14.3. The van der Waals surface area contributed by atoms with Crippen molar-refractivity contribution in [2.45, 2.75) is 0 Å². The Balaban J connectivity index is 2.03. The Labute approximate surface area is 152 Å². The Kier molecular flexibility index (Phi) is 5.97.